The number of para-hydroxylation sites is 1. The number of rotatable bonds is 7. The lowest BCUT2D eigenvalue weighted by molar-refractivity contribution is -0.125. The molecule has 7 heteroatoms. The van der Waals surface area contributed by atoms with Gasteiger partial charge in [-0.25, -0.2) is 9.78 Å². The molecule has 6 nitrogen and oxygen atoms in total. The van der Waals surface area contributed by atoms with E-state index in [9.17, 15) is 9.59 Å². The molecule has 200 valence electrons. The lowest BCUT2D eigenvalue weighted by atomic mass is 9.97. The van der Waals surface area contributed by atoms with Gasteiger partial charge in [0.05, 0.1) is 29.6 Å². The number of aromatic nitrogens is 1. The summed E-state index contributed by atoms with van der Waals surface area (Å²) in [6, 6.07) is 29.1. The van der Waals surface area contributed by atoms with E-state index in [0.29, 0.717) is 49.7 Å². The molecular formula is C33H27ClN2O4. The lowest BCUT2D eigenvalue weighted by Gasteiger charge is -2.21. The minimum absolute atomic E-state index is 0.336. The summed E-state index contributed by atoms with van der Waals surface area (Å²) in [5.41, 5.74) is 4.93. The van der Waals surface area contributed by atoms with E-state index in [4.69, 9.17) is 26.1 Å². The first kappa shape index (κ1) is 26.9. The highest BCUT2D eigenvalue weighted by atomic mass is 35.5. The van der Waals surface area contributed by atoms with Gasteiger partial charge in [-0.15, -0.1) is 0 Å². The van der Waals surface area contributed by atoms with E-state index in [1.54, 1.807) is 48.5 Å². The molecule has 1 atom stereocenters. The summed E-state index contributed by atoms with van der Waals surface area (Å²) in [6.07, 6.45) is -1.22. The molecule has 1 aromatic heterocycles. The van der Waals surface area contributed by atoms with Crippen LogP contribution in [0, 0.1) is 13.8 Å². The molecule has 1 heterocycles. The number of hydrogen-bond acceptors (Lipinski definition) is 5. The fourth-order valence-corrected chi connectivity index (χ4v) is 4.86. The molecule has 1 N–H and O–H groups in total. The maximum atomic E-state index is 14.0. The number of halogens is 1. The molecule has 0 unspecified atom stereocenters. The second kappa shape index (κ2) is 11.6. The highest BCUT2D eigenvalue weighted by molar-refractivity contribution is 6.30. The molecular weight excluding hydrogens is 524 g/mol. The predicted molar refractivity (Wildman–Crippen MR) is 158 cm³/mol. The zero-order chi connectivity index (χ0) is 28.2. The maximum absolute atomic E-state index is 14.0. The van der Waals surface area contributed by atoms with Crippen molar-refractivity contribution in [3.63, 3.8) is 0 Å². The number of methoxy groups -OCH3 is 1. The summed E-state index contributed by atoms with van der Waals surface area (Å²) < 4.78 is 11.4. The Bertz CT molecular complexity index is 1720. The largest absolute Gasteiger partial charge is 0.495 e. The molecule has 1 amide bonds. The van der Waals surface area contributed by atoms with Gasteiger partial charge in [0.1, 0.15) is 5.75 Å². The monoisotopic (exact) mass is 550 g/mol. The minimum Gasteiger partial charge on any atom is -0.495 e. The molecule has 0 aliphatic carbocycles. The van der Waals surface area contributed by atoms with Crippen molar-refractivity contribution in [1.82, 2.24) is 4.98 Å². The molecule has 5 aromatic rings. The van der Waals surface area contributed by atoms with Crippen molar-refractivity contribution in [2.75, 3.05) is 12.4 Å². The van der Waals surface area contributed by atoms with Crippen LogP contribution in [0.25, 0.3) is 22.2 Å². The molecule has 0 aliphatic heterocycles. The van der Waals surface area contributed by atoms with Crippen molar-refractivity contribution in [1.29, 1.82) is 0 Å². The molecule has 0 radical (unpaired) electrons. The SMILES string of the molecule is COc1ccc(C)cc1NC(=O)[C@@H](OC(=O)c1c(C)c(-c2cccc(Cl)c2)nc2ccccc12)c1ccccc1. The third-order valence-electron chi connectivity index (χ3n) is 6.62. The smallest absolute Gasteiger partial charge is 0.340 e. The first-order chi connectivity index (χ1) is 19.4. The van der Waals surface area contributed by atoms with Gasteiger partial charge in [-0.3, -0.25) is 4.79 Å². The van der Waals surface area contributed by atoms with Crippen LogP contribution >= 0.6 is 11.6 Å². The molecule has 0 saturated heterocycles. The number of pyridine rings is 1. The number of carbonyl (C=O) groups is 2. The van der Waals surface area contributed by atoms with E-state index in [-0.39, 0.29) is 0 Å². The van der Waals surface area contributed by atoms with Crippen LogP contribution in [0.5, 0.6) is 5.75 Å². The number of esters is 1. The van der Waals surface area contributed by atoms with Gasteiger partial charge < -0.3 is 14.8 Å². The van der Waals surface area contributed by atoms with Crippen molar-refractivity contribution in [3.8, 4) is 17.0 Å². The summed E-state index contributed by atoms with van der Waals surface area (Å²) in [7, 11) is 1.53. The average Bonchev–Trinajstić information content (AvgIpc) is 2.96. The summed E-state index contributed by atoms with van der Waals surface area (Å²) >= 11 is 6.26. The summed E-state index contributed by atoms with van der Waals surface area (Å²) in [4.78, 5) is 32.5. The zero-order valence-electron chi connectivity index (χ0n) is 22.3. The molecule has 0 fully saturated rings. The Morgan fingerprint density at radius 3 is 2.38 bits per heavy atom. The fourth-order valence-electron chi connectivity index (χ4n) is 4.67. The molecule has 40 heavy (non-hydrogen) atoms. The van der Waals surface area contributed by atoms with Crippen LogP contribution in [0.3, 0.4) is 0 Å². The van der Waals surface area contributed by atoms with Crippen molar-refractivity contribution in [2.45, 2.75) is 20.0 Å². The second-order valence-corrected chi connectivity index (χ2v) is 9.81. The van der Waals surface area contributed by atoms with E-state index < -0.39 is 18.0 Å². The zero-order valence-corrected chi connectivity index (χ0v) is 23.0. The first-order valence-electron chi connectivity index (χ1n) is 12.7. The van der Waals surface area contributed by atoms with Crippen molar-refractivity contribution >= 4 is 40.1 Å². The third-order valence-corrected chi connectivity index (χ3v) is 6.85. The third kappa shape index (κ3) is 5.53. The quantitative estimate of drug-likeness (QED) is 0.210. The first-order valence-corrected chi connectivity index (χ1v) is 13.1. The summed E-state index contributed by atoms with van der Waals surface area (Å²) in [5.74, 6) is -0.645. The number of benzene rings is 4. The van der Waals surface area contributed by atoms with Crippen molar-refractivity contribution in [3.05, 3.63) is 124 Å². The highest BCUT2D eigenvalue weighted by Crippen LogP contribution is 2.33. The molecule has 4 aromatic carbocycles. The number of hydrogen-bond donors (Lipinski definition) is 1. The van der Waals surface area contributed by atoms with Crippen molar-refractivity contribution in [2.24, 2.45) is 0 Å². The number of amides is 1. The van der Waals surface area contributed by atoms with E-state index in [1.807, 2.05) is 62.4 Å². The van der Waals surface area contributed by atoms with Crippen LogP contribution in [0.2, 0.25) is 5.02 Å². The number of anilines is 1. The standard InChI is InChI=1S/C33H27ClN2O4/c1-20-16-17-28(39-3)27(18-20)36-32(37)31(22-10-5-4-6-11-22)40-33(38)29-21(2)30(23-12-9-13-24(34)19-23)35-26-15-8-7-14-25(26)29/h4-19,31H,1-3H3,(H,36,37)/t31-/m0/s1. The minimum atomic E-state index is -1.22. The highest BCUT2D eigenvalue weighted by Gasteiger charge is 2.29. The number of fused-ring (bicyclic) bond motifs is 1. The number of ether oxygens (including phenoxy) is 2. The number of carbonyl (C=O) groups excluding carboxylic acids is 2. The molecule has 0 saturated carbocycles. The topological polar surface area (TPSA) is 77.5 Å². The Morgan fingerprint density at radius 2 is 1.62 bits per heavy atom. The van der Waals surface area contributed by atoms with Gasteiger partial charge in [0.2, 0.25) is 6.10 Å². The Morgan fingerprint density at radius 1 is 0.875 bits per heavy atom. The van der Waals surface area contributed by atoms with Gasteiger partial charge in [-0.1, -0.05) is 78.3 Å². The van der Waals surface area contributed by atoms with Crippen LogP contribution in [0.4, 0.5) is 5.69 Å². The van der Waals surface area contributed by atoms with Gasteiger partial charge in [-0.2, -0.15) is 0 Å². The molecule has 0 aliphatic rings. The van der Waals surface area contributed by atoms with Crippen LogP contribution in [-0.4, -0.2) is 24.0 Å². The Balaban J connectivity index is 1.57. The summed E-state index contributed by atoms with van der Waals surface area (Å²) in [5, 5.41) is 4.07. The van der Waals surface area contributed by atoms with Crippen LogP contribution in [-0.2, 0) is 9.53 Å². The predicted octanol–water partition coefficient (Wildman–Crippen LogP) is 7.72. The molecule has 0 bridgehead atoms. The Kier molecular flexibility index (Phi) is 7.80. The second-order valence-electron chi connectivity index (χ2n) is 9.38. The van der Waals surface area contributed by atoms with E-state index in [0.717, 1.165) is 11.1 Å². The normalized spacial score (nSPS) is 11.6. The Hall–Kier alpha value is -4.68. The van der Waals surface area contributed by atoms with Crippen LogP contribution < -0.4 is 10.1 Å². The van der Waals surface area contributed by atoms with Crippen molar-refractivity contribution < 1.29 is 19.1 Å². The fraction of sp³-hybridized carbons (Fsp3) is 0.121. The van der Waals surface area contributed by atoms with E-state index in [2.05, 4.69) is 5.32 Å². The molecule has 5 rings (SSSR count). The number of aryl methyl sites for hydroxylation is 1. The number of nitrogens with one attached hydrogen (secondary N) is 1. The maximum Gasteiger partial charge on any atom is 0.340 e. The van der Waals surface area contributed by atoms with Crippen LogP contribution in [0.1, 0.15) is 33.2 Å². The van der Waals surface area contributed by atoms with Gasteiger partial charge in [-0.05, 0) is 55.3 Å². The van der Waals surface area contributed by atoms with E-state index >= 15 is 0 Å². The number of nitrogens with zero attached hydrogens (tertiary/aromatic N) is 1. The van der Waals surface area contributed by atoms with Gasteiger partial charge in [0.15, 0.2) is 0 Å². The van der Waals surface area contributed by atoms with Crippen LogP contribution in [0.15, 0.2) is 97.1 Å². The lowest BCUT2D eigenvalue weighted by Crippen LogP contribution is -2.26. The van der Waals surface area contributed by atoms with Gasteiger partial charge in [0.25, 0.3) is 5.91 Å². The average molecular weight is 551 g/mol. The van der Waals surface area contributed by atoms with E-state index in [1.165, 1.54) is 7.11 Å². The van der Waals surface area contributed by atoms with Gasteiger partial charge >= 0.3 is 5.97 Å². The Labute approximate surface area is 237 Å². The summed E-state index contributed by atoms with van der Waals surface area (Å²) in [6.45, 7) is 3.74. The van der Waals surface area contributed by atoms with Gasteiger partial charge in [0, 0.05) is 21.5 Å². The molecule has 0 spiro atoms.